The van der Waals surface area contributed by atoms with Gasteiger partial charge >= 0.3 is 0 Å². The van der Waals surface area contributed by atoms with Crippen molar-refractivity contribution in [2.24, 2.45) is 10.2 Å². The number of Topliss-reactive ketones (excluding diaryl/α,β-unsaturated/α-hetero) is 1. The van der Waals surface area contributed by atoms with E-state index >= 15 is 0 Å². The van der Waals surface area contributed by atoms with Crippen molar-refractivity contribution >= 4 is 23.0 Å². The van der Waals surface area contributed by atoms with Crippen molar-refractivity contribution in [3.05, 3.63) is 87.9 Å². The summed E-state index contributed by atoms with van der Waals surface area (Å²) in [7, 11) is 0. The smallest absolute Gasteiger partial charge is 0.294 e. The highest BCUT2D eigenvalue weighted by Crippen LogP contribution is 2.43. The number of carbonyl (C=O) groups is 1. The van der Waals surface area contributed by atoms with E-state index < -0.39 is 0 Å². The van der Waals surface area contributed by atoms with Gasteiger partial charge in [0.25, 0.3) is 5.56 Å². The van der Waals surface area contributed by atoms with Gasteiger partial charge in [-0.05, 0) is 29.7 Å². The number of fused-ring (bicyclic) bond motifs is 1. The molecule has 1 atom stereocenters. The first-order chi connectivity index (χ1) is 14.2. The van der Waals surface area contributed by atoms with Crippen molar-refractivity contribution in [1.82, 2.24) is 9.78 Å². The van der Waals surface area contributed by atoms with Crippen LogP contribution in [0, 0.1) is 0 Å². The Morgan fingerprint density at radius 2 is 1.62 bits per heavy atom. The summed E-state index contributed by atoms with van der Waals surface area (Å²) < 4.78 is 1.77. The van der Waals surface area contributed by atoms with Gasteiger partial charge in [-0.3, -0.25) is 19.4 Å². The van der Waals surface area contributed by atoms with Gasteiger partial charge in [-0.1, -0.05) is 48.5 Å². The van der Waals surface area contributed by atoms with E-state index in [1.807, 2.05) is 60.7 Å². The summed E-state index contributed by atoms with van der Waals surface area (Å²) in [4.78, 5) is 24.9. The average molecular weight is 385 g/mol. The van der Waals surface area contributed by atoms with Crippen molar-refractivity contribution in [3.63, 3.8) is 0 Å². The Morgan fingerprint density at radius 1 is 0.897 bits per heavy atom. The minimum absolute atomic E-state index is 0.216. The maximum atomic E-state index is 12.7. The van der Waals surface area contributed by atoms with E-state index in [2.05, 4.69) is 20.6 Å². The Balaban J connectivity index is 1.64. The third-order valence-electron chi connectivity index (χ3n) is 5.33. The summed E-state index contributed by atoms with van der Waals surface area (Å²) in [6, 6.07) is 18.9. The lowest BCUT2D eigenvalue weighted by Crippen LogP contribution is -2.29. The van der Waals surface area contributed by atoms with Crippen molar-refractivity contribution < 1.29 is 4.79 Å². The normalized spacial score (nSPS) is 18.5. The standard InChI is InChI=1S/C22H19N5O2/c28-16-11-12-18-17(13-16)20(14-7-3-1-4-8-14)27-21(23-18)19(22(29)26-27)25-24-15-9-5-2-6-10-15/h1-10,20,23H,11-13H2,(H,26,29). The molecule has 2 heterocycles. The lowest BCUT2D eigenvalue weighted by Gasteiger charge is -2.34. The molecule has 144 valence electrons. The summed E-state index contributed by atoms with van der Waals surface area (Å²) in [5.41, 5.74) is 3.59. The van der Waals surface area contributed by atoms with Crippen molar-refractivity contribution in [2.45, 2.75) is 25.3 Å². The van der Waals surface area contributed by atoms with Gasteiger partial charge in [0.2, 0.25) is 0 Å². The molecular weight excluding hydrogens is 366 g/mol. The number of nitrogens with one attached hydrogen (secondary N) is 2. The molecule has 1 aliphatic carbocycles. The Morgan fingerprint density at radius 3 is 2.38 bits per heavy atom. The highest BCUT2D eigenvalue weighted by molar-refractivity contribution is 5.84. The highest BCUT2D eigenvalue weighted by Gasteiger charge is 2.35. The second kappa shape index (κ2) is 7.01. The topological polar surface area (TPSA) is 91.6 Å². The van der Waals surface area contributed by atoms with Crippen LogP contribution < -0.4 is 10.9 Å². The fourth-order valence-corrected chi connectivity index (χ4v) is 3.97. The maximum absolute atomic E-state index is 12.7. The largest absolute Gasteiger partial charge is 0.342 e. The van der Waals surface area contributed by atoms with Crippen molar-refractivity contribution in [2.75, 3.05) is 5.32 Å². The van der Waals surface area contributed by atoms with Crippen LogP contribution in [-0.4, -0.2) is 15.6 Å². The lowest BCUT2D eigenvalue weighted by molar-refractivity contribution is -0.118. The fraction of sp³-hybridized carbons (Fsp3) is 0.182. The Kier molecular flexibility index (Phi) is 4.20. The van der Waals surface area contributed by atoms with Crippen molar-refractivity contribution in [3.8, 4) is 0 Å². The van der Waals surface area contributed by atoms with Crippen LogP contribution in [0.1, 0.15) is 30.9 Å². The van der Waals surface area contributed by atoms with E-state index in [4.69, 9.17) is 0 Å². The molecule has 1 aliphatic heterocycles. The number of azo groups is 1. The molecule has 0 spiro atoms. The third-order valence-corrected chi connectivity index (χ3v) is 5.33. The molecule has 1 aromatic heterocycles. The summed E-state index contributed by atoms with van der Waals surface area (Å²) >= 11 is 0. The molecule has 2 aliphatic rings. The molecular formula is C22H19N5O2. The first-order valence-corrected chi connectivity index (χ1v) is 9.57. The average Bonchev–Trinajstić information content (AvgIpc) is 3.06. The Hall–Kier alpha value is -3.74. The number of carbonyl (C=O) groups excluding carboxylic acids is 1. The Bertz CT molecular complexity index is 1190. The molecule has 29 heavy (non-hydrogen) atoms. The number of H-pyrrole nitrogens is 1. The van der Waals surface area contributed by atoms with Crippen LogP contribution in [0.15, 0.2) is 87.0 Å². The monoisotopic (exact) mass is 385 g/mol. The van der Waals surface area contributed by atoms with Crippen LogP contribution in [0.3, 0.4) is 0 Å². The SMILES string of the molecule is O=C1CCC2=C(C1)C(c1ccccc1)n1[nH]c(=O)c(N=Nc3ccccc3)c1N2. The van der Waals surface area contributed by atoms with E-state index in [1.165, 1.54) is 0 Å². The second-order valence-electron chi connectivity index (χ2n) is 7.20. The number of benzene rings is 2. The van der Waals surface area contributed by atoms with Gasteiger partial charge < -0.3 is 5.32 Å². The molecule has 3 aromatic rings. The minimum atomic E-state index is -0.320. The van der Waals surface area contributed by atoms with E-state index in [-0.39, 0.29) is 23.1 Å². The fourth-order valence-electron chi connectivity index (χ4n) is 3.97. The van der Waals surface area contributed by atoms with Crippen LogP contribution in [-0.2, 0) is 4.79 Å². The van der Waals surface area contributed by atoms with Crippen LogP contribution >= 0.6 is 0 Å². The van der Waals surface area contributed by atoms with E-state index in [1.54, 1.807) is 4.68 Å². The minimum Gasteiger partial charge on any atom is -0.342 e. The molecule has 7 heteroatoms. The molecule has 0 bridgehead atoms. The first-order valence-electron chi connectivity index (χ1n) is 9.57. The Labute approximate surface area is 166 Å². The lowest BCUT2D eigenvalue weighted by atomic mass is 9.86. The van der Waals surface area contributed by atoms with Gasteiger partial charge in [-0.15, -0.1) is 5.11 Å². The molecule has 0 saturated carbocycles. The molecule has 0 radical (unpaired) electrons. The number of allylic oxidation sites excluding steroid dienone is 2. The number of nitrogens with zero attached hydrogens (tertiary/aromatic N) is 3. The third kappa shape index (κ3) is 3.10. The number of aromatic amines is 1. The van der Waals surface area contributed by atoms with Gasteiger partial charge in [0.15, 0.2) is 11.5 Å². The summed E-state index contributed by atoms with van der Waals surface area (Å²) in [5.74, 6) is 0.796. The molecule has 0 fully saturated rings. The number of aromatic nitrogens is 2. The zero-order valence-corrected chi connectivity index (χ0v) is 15.6. The highest BCUT2D eigenvalue weighted by atomic mass is 16.1. The van der Waals surface area contributed by atoms with Gasteiger partial charge in [0, 0.05) is 18.5 Å². The predicted molar refractivity (Wildman–Crippen MR) is 110 cm³/mol. The van der Waals surface area contributed by atoms with Crippen LogP contribution in [0.2, 0.25) is 0 Å². The molecule has 2 aromatic carbocycles. The van der Waals surface area contributed by atoms with Crippen LogP contribution in [0.5, 0.6) is 0 Å². The number of hydrogen-bond acceptors (Lipinski definition) is 5. The molecule has 5 rings (SSSR count). The number of anilines is 1. The van der Waals surface area contributed by atoms with Crippen LogP contribution in [0.4, 0.5) is 17.2 Å². The molecule has 0 amide bonds. The van der Waals surface area contributed by atoms with E-state index in [0.717, 1.165) is 16.8 Å². The number of hydrogen-bond donors (Lipinski definition) is 2. The van der Waals surface area contributed by atoms with Gasteiger partial charge in [0.05, 0.1) is 5.69 Å². The van der Waals surface area contributed by atoms with E-state index in [9.17, 15) is 9.59 Å². The summed E-state index contributed by atoms with van der Waals surface area (Å²) in [5, 5.41) is 14.7. The maximum Gasteiger partial charge on any atom is 0.294 e. The summed E-state index contributed by atoms with van der Waals surface area (Å²) in [6.45, 7) is 0. The number of rotatable bonds is 3. The molecule has 2 N–H and O–H groups in total. The van der Waals surface area contributed by atoms with Gasteiger partial charge in [-0.2, -0.15) is 5.11 Å². The molecule has 0 saturated heterocycles. The predicted octanol–water partition coefficient (Wildman–Crippen LogP) is 4.61. The van der Waals surface area contributed by atoms with E-state index in [0.29, 0.717) is 30.8 Å². The van der Waals surface area contributed by atoms with Gasteiger partial charge in [-0.25, -0.2) is 0 Å². The molecule has 7 nitrogen and oxygen atoms in total. The zero-order chi connectivity index (χ0) is 19.8. The van der Waals surface area contributed by atoms with Gasteiger partial charge in [0.1, 0.15) is 11.8 Å². The summed E-state index contributed by atoms with van der Waals surface area (Å²) in [6.07, 6.45) is 1.51. The second-order valence-corrected chi connectivity index (χ2v) is 7.20. The quantitative estimate of drug-likeness (QED) is 0.645. The number of ketones is 1. The van der Waals surface area contributed by atoms with Crippen molar-refractivity contribution in [1.29, 1.82) is 0 Å². The zero-order valence-electron chi connectivity index (χ0n) is 15.6. The molecule has 1 unspecified atom stereocenters. The first kappa shape index (κ1) is 17.4. The van der Waals surface area contributed by atoms with Crippen LogP contribution in [0.25, 0.3) is 0 Å².